The van der Waals surface area contributed by atoms with Gasteiger partial charge in [-0.1, -0.05) is 18.2 Å². The number of ether oxygens (including phenoxy) is 1. The highest BCUT2D eigenvalue weighted by Crippen LogP contribution is 2.17. The number of aromatic nitrogens is 3. The minimum Gasteiger partial charge on any atom is -0.452 e. The molecule has 27 heavy (non-hydrogen) atoms. The van der Waals surface area contributed by atoms with E-state index in [9.17, 15) is 9.59 Å². The predicted octanol–water partition coefficient (Wildman–Crippen LogP) is 2.69. The van der Waals surface area contributed by atoms with Gasteiger partial charge in [0, 0.05) is 12.4 Å². The molecule has 0 aliphatic carbocycles. The first-order valence-electron chi connectivity index (χ1n) is 8.70. The molecular formula is C20H22N4O3. The van der Waals surface area contributed by atoms with Crippen LogP contribution in [0.4, 0.5) is 0 Å². The SMILES string of the molecule is Cc1ccc(C(C)NC(=O)COC(=O)c2c(C)nn3cccnc23)cc1C. The molecule has 0 bridgehead atoms. The first-order valence-corrected chi connectivity index (χ1v) is 8.70. The molecule has 0 saturated heterocycles. The van der Waals surface area contributed by atoms with Crippen molar-refractivity contribution in [1.29, 1.82) is 0 Å². The fourth-order valence-electron chi connectivity index (χ4n) is 2.84. The molecule has 1 atom stereocenters. The number of hydrogen-bond donors (Lipinski definition) is 1. The summed E-state index contributed by atoms with van der Waals surface area (Å²) in [6.07, 6.45) is 3.27. The number of fused-ring (bicyclic) bond motifs is 1. The van der Waals surface area contributed by atoms with Gasteiger partial charge in [-0.05, 0) is 50.5 Å². The van der Waals surface area contributed by atoms with Crippen molar-refractivity contribution >= 4 is 17.5 Å². The van der Waals surface area contributed by atoms with Crippen LogP contribution in [0.3, 0.4) is 0 Å². The lowest BCUT2D eigenvalue weighted by molar-refractivity contribution is -0.124. The third-order valence-electron chi connectivity index (χ3n) is 4.52. The van der Waals surface area contributed by atoms with Gasteiger partial charge in [-0.2, -0.15) is 5.10 Å². The number of carbonyl (C=O) groups excluding carboxylic acids is 2. The second-order valence-electron chi connectivity index (χ2n) is 6.56. The average Bonchev–Trinajstić information content (AvgIpc) is 2.97. The minimum atomic E-state index is -0.616. The number of esters is 1. The highest BCUT2D eigenvalue weighted by molar-refractivity contribution is 5.98. The molecule has 140 valence electrons. The molecule has 1 amide bonds. The van der Waals surface area contributed by atoms with Crippen molar-refractivity contribution in [2.24, 2.45) is 0 Å². The number of benzene rings is 1. The largest absolute Gasteiger partial charge is 0.452 e. The molecule has 3 aromatic rings. The van der Waals surface area contributed by atoms with Gasteiger partial charge in [0.2, 0.25) is 0 Å². The molecule has 0 saturated carbocycles. The Morgan fingerprint density at radius 1 is 1.22 bits per heavy atom. The molecule has 1 aromatic carbocycles. The maximum absolute atomic E-state index is 12.4. The van der Waals surface area contributed by atoms with Crippen LogP contribution in [-0.4, -0.2) is 33.1 Å². The number of hydrogen-bond acceptors (Lipinski definition) is 5. The average molecular weight is 366 g/mol. The minimum absolute atomic E-state index is 0.184. The van der Waals surface area contributed by atoms with Gasteiger partial charge in [-0.3, -0.25) is 4.79 Å². The van der Waals surface area contributed by atoms with Crippen molar-refractivity contribution in [2.75, 3.05) is 6.61 Å². The summed E-state index contributed by atoms with van der Waals surface area (Å²) in [5.74, 6) is -0.980. The van der Waals surface area contributed by atoms with Crippen LogP contribution in [0.25, 0.3) is 5.65 Å². The number of rotatable bonds is 5. The fraction of sp³-hybridized carbons (Fsp3) is 0.300. The first kappa shape index (κ1) is 18.6. The van der Waals surface area contributed by atoms with E-state index in [0.29, 0.717) is 11.3 Å². The van der Waals surface area contributed by atoms with Gasteiger partial charge in [0.25, 0.3) is 5.91 Å². The Morgan fingerprint density at radius 3 is 2.74 bits per heavy atom. The second kappa shape index (κ2) is 7.57. The smallest absolute Gasteiger partial charge is 0.344 e. The van der Waals surface area contributed by atoms with Gasteiger partial charge >= 0.3 is 5.97 Å². The Morgan fingerprint density at radius 2 is 2.00 bits per heavy atom. The summed E-state index contributed by atoms with van der Waals surface area (Å²) in [4.78, 5) is 28.7. The summed E-state index contributed by atoms with van der Waals surface area (Å²) in [5, 5.41) is 7.06. The molecule has 2 heterocycles. The van der Waals surface area contributed by atoms with Gasteiger partial charge in [-0.15, -0.1) is 0 Å². The van der Waals surface area contributed by atoms with Gasteiger partial charge in [0.05, 0.1) is 11.7 Å². The predicted molar refractivity (Wildman–Crippen MR) is 100 cm³/mol. The molecule has 0 spiro atoms. The van der Waals surface area contributed by atoms with Crippen LogP contribution in [-0.2, 0) is 9.53 Å². The summed E-state index contributed by atoms with van der Waals surface area (Å²) < 4.78 is 6.68. The highest BCUT2D eigenvalue weighted by Gasteiger charge is 2.21. The molecular weight excluding hydrogens is 344 g/mol. The summed E-state index contributed by atoms with van der Waals surface area (Å²) in [5.41, 5.74) is 4.54. The maximum Gasteiger partial charge on any atom is 0.344 e. The Kier molecular flexibility index (Phi) is 5.21. The molecule has 1 unspecified atom stereocenters. The normalized spacial score (nSPS) is 12.0. The Balaban J connectivity index is 1.62. The summed E-state index contributed by atoms with van der Waals surface area (Å²) in [6.45, 7) is 7.30. The fourth-order valence-corrected chi connectivity index (χ4v) is 2.84. The summed E-state index contributed by atoms with van der Waals surface area (Å²) >= 11 is 0. The van der Waals surface area contributed by atoms with Crippen LogP contribution in [0.1, 0.15) is 45.7 Å². The van der Waals surface area contributed by atoms with E-state index in [0.717, 1.165) is 11.1 Å². The monoisotopic (exact) mass is 366 g/mol. The Bertz CT molecular complexity index is 1010. The molecule has 2 aromatic heterocycles. The lowest BCUT2D eigenvalue weighted by atomic mass is 10.0. The third-order valence-corrected chi connectivity index (χ3v) is 4.52. The molecule has 7 nitrogen and oxygen atoms in total. The standard InChI is InChI=1S/C20H22N4O3/c1-12-6-7-16(10-13(12)2)14(3)22-17(25)11-27-20(26)18-15(4)23-24-9-5-8-21-19(18)24/h5-10,14H,11H2,1-4H3,(H,22,25). The zero-order valence-electron chi connectivity index (χ0n) is 15.8. The van der Waals surface area contributed by atoms with E-state index in [1.54, 1.807) is 25.4 Å². The van der Waals surface area contributed by atoms with Gasteiger partial charge in [0.1, 0.15) is 5.56 Å². The Labute approximate surface area is 157 Å². The molecule has 0 radical (unpaired) electrons. The van der Waals surface area contributed by atoms with Crippen LogP contribution >= 0.6 is 0 Å². The topological polar surface area (TPSA) is 85.6 Å². The van der Waals surface area contributed by atoms with Crippen molar-refractivity contribution in [3.63, 3.8) is 0 Å². The third kappa shape index (κ3) is 3.97. The zero-order chi connectivity index (χ0) is 19.6. The molecule has 7 heteroatoms. The highest BCUT2D eigenvalue weighted by atomic mass is 16.5. The van der Waals surface area contributed by atoms with Crippen LogP contribution < -0.4 is 5.32 Å². The van der Waals surface area contributed by atoms with E-state index in [1.807, 2.05) is 39.0 Å². The van der Waals surface area contributed by atoms with E-state index >= 15 is 0 Å². The van der Waals surface area contributed by atoms with Crippen LogP contribution in [0.5, 0.6) is 0 Å². The quantitative estimate of drug-likeness (QED) is 0.702. The zero-order valence-corrected chi connectivity index (χ0v) is 15.8. The summed E-state index contributed by atoms with van der Waals surface area (Å²) in [6, 6.07) is 7.58. The van der Waals surface area contributed by atoms with Crippen molar-refractivity contribution in [1.82, 2.24) is 19.9 Å². The van der Waals surface area contributed by atoms with Gasteiger partial charge in [0.15, 0.2) is 12.3 Å². The van der Waals surface area contributed by atoms with Crippen molar-refractivity contribution < 1.29 is 14.3 Å². The molecule has 0 aliphatic heterocycles. The number of amides is 1. The lowest BCUT2D eigenvalue weighted by Crippen LogP contribution is -2.31. The number of aryl methyl sites for hydroxylation is 3. The van der Waals surface area contributed by atoms with E-state index in [2.05, 4.69) is 15.4 Å². The maximum atomic E-state index is 12.4. The molecule has 0 fully saturated rings. The van der Waals surface area contributed by atoms with Gasteiger partial charge < -0.3 is 10.1 Å². The van der Waals surface area contributed by atoms with E-state index in [1.165, 1.54) is 10.1 Å². The number of carbonyl (C=O) groups is 2. The van der Waals surface area contributed by atoms with Crippen molar-refractivity contribution in [2.45, 2.75) is 33.7 Å². The lowest BCUT2D eigenvalue weighted by Gasteiger charge is -2.15. The van der Waals surface area contributed by atoms with Crippen LogP contribution in [0, 0.1) is 20.8 Å². The molecule has 0 aliphatic rings. The number of nitrogens with one attached hydrogen (secondary N) is 1. The second-order valence-corrected chi connectivity index (χ2v) is 6.56. The summed E-state index contributed by atoms with van der Waals surface area (Å²) in [7, 11) is 0. The van der Waals surface area contributed by atoms with E-state index in [4.69, 9.17) is 4.74 Å². The first-order chi connectivity index (χ1) is 12.9. The van der Waals surface area contributed by atoms with Crippen LogP contribution in [0.2, 0.25) is 0 Å². The van der Waals surface area contributed by atoms with Crippen LogP contribution in [0.15, 0.2) is 36.7 Å². The molecule has 1 N–H and O–H groups in total. The van der Waals surface area contributed by atoms with E-state index < -0.39 is 5.97 Å². The molecule has 3 rings (SSSR count). The van der Waals surface area contributed by atoms with Crippen molar-refractivity contribution in [3.05, 3.63) is 64.6 Å². The van der Waals surface area contributed by atoms with Crippen molar-refractivity contribution in [3.8, 4) is 0 Å². The number of nitrogens with zero attached hydrogens (tertiary/aromatic N) is 3. The Hall–Kier alpha value is -3.22. The van der Waals surface area contributed by atoms with E-state index in [-0.39, 0.29) is 24.1 Å². The van der Waals surface area contributed by atoms with Gasteiger partial charge in [-0.25, -0.2) is 14.3 Å².